The van der Waals surface area contributed by atoms with E-state index in [1.54, 1.807) is 27.7 Å². The molecule has 642 valence electrons. The summed E-state index contributed by atoms with van der Waals surface area (Å²) in [7, 11) is 3.10. The normalized spacial score (nSPS) is 26.9. The molecular weight excluding hydrogens is 1610 g/mol. The van der Waals surface area contributed by atoms with Crippen molar-refractivity contribution in [1.29, 1.82) is 0 Å². The van der Waals surface area contributed by atoms with Crippen LogP contribution >= 0.6 is 43.2 Å². The molecule has 27 N–H and O–H groups in total. The molecule has 3 fully saturated rings. The van der Waals surface area contributed by atoms with Gasteiger partial charge in [-0.2, -0.15) is 0 Å². The van der Waals surface area contributed by atoms with Crippen molar-refractivity contribution in [2.45, 2.75) is 196 Å². The first kappa shape index (κ1) is 96.2. The maximum Gasteiger partial charge on any atom is 0.303 e. The number of hydrogen-bond donors (Lipinski definition) is 23. The number of carbonyl (C=O) groups excluding carboxylic acids is 18. The first-order chi connectivity index (χ1) is 54.8. The molecule has 1 unspecified atom stereocenters. The standard InChI is InChI=1S/C67H103N23O22S4/c1-29(2)12-35-55(100)77-34(9-10-51(96)97)54(99)80-38(15-33-20-73-28-75-33)58(103)84-41(21-91)60(105)82-39(16-48(69)93)59(104)79-36(13-30(3)4)56(101)86-43(53(71)98)23-113-115-25-45-64(109)85-42(22-92)61(106)83-40(17-49(70)94)67(112)90-11-7-8-47(90)65(110)89-52(31(5)6)66(111)88-46(26-116-114-24-44(62(107)87-45)76-50(95)18-68)63(108)81-37(57(102)78-35)14-32-19-72-27-74-32/h19-20,27-31,34-47,52,91-92H,7-18,21-26,68H2,1-6H3,(H2,69,93)(H2,70,94)(H2,71,98)(H,72,74)(H,73,75)(H,76,95)(H,77,100)(H,78,102)(H,79,104)(H,80,99)(H,81,108)(H,82,105)(H,83,106)(H,84,103)(H,85,109)(H,86,101)(H,87,107)(H,88,111)(H,89,110)(H,96,97)/t34-,35-,36-,37-,38-,39-,40-,41-,42-,43?,44-,45-,46-,47-,52-/m0/s1. The van der Waals surface area contributed by atoms with E-state index in [1.807, 2.05) is 0 Å². The maximum absolute atomic E-state index is 15.2. The van der Waals surface area contributed by atoms with Gasteiger partial charge in [0.2, 0.25) is 106 Å². The Bertz CT molecular complexity index is 3830. The quantitative estimate of drug-likeness (QED) is 0.0516. The molecule has 49 heteroatoms. The zero-order chi connectivity index (χ0) is 86.2. The number of aromatic amines is 2. The van der Waals surface area contributed by atoms with E-state index in [9.17, 15) is 102 Å². The third-order valence-electron chi connectivity index (χ3n) is 17.8. The molecule has 3 saturated heterocycles. The summed E-state index contributed by atoms with van der Waals surface area (Å²) >= 11 is 0. The fourth-order valence-corrected chi connectivity index (χ4v) is 16.5. The van der Waals surface area contributed by atoms with Crippen LogP contribution in [-0.2, 0) is 104 Å². The predicted octanol–water partition coefficient (Wildman–Crippen LogP) is -9.72. The lowest BCUT2D eigenvalue weighted by Crippen LogP contribution is -2.62. The van der Waals surface area contributed by atoms with E-state index in [-0.39, 0.29) is 43.6 Å². The van der Waals surface area contributed by atoms with Gasteiger partial charge < -0.3 is 128 Å². The average Bonchev–Trinajstić information content (AvgIpc) is 1.63. The first-order valence-electron chi connectivity index (χ1n) is 36.8. The fraction of sp³-hybridized carbons (Fsp3) is 0.627. The number of carboxylic acid groups (broad SMARTS) is 1. The molecule has 3 aliphatic rings. The van der Waals surface area contributed by atoms with Gasteiger partial charge in [-0.05, 0) is 49.9 Å². The molecule has 2 bridgehead atoms. The van der Waals surface area contributed by atoms with Crippen molar-refractivity contribution in [1.82, 2.24) is 99.3 Å². The van der Waals surface area contributed by atoms with Crippen LogP contribution in [0.4, 0.5) is 0 Å². The summed E-state index contributed by atoms with van der Waals surface area (Å²) in [6.07, 6.45) is 0.440. The largest absolute Gasteiger partial charge is 0.481 e. The minimum Gasteiger partial charge on any atom is -0.481 e. The van der Waals surface area contributed by atoms with Crippen LogP contribution in [0.2, 0.25) is 0 Å². The molecule has 0 aliphatic carbocycles. The summed E-state index contributed by atoms with van der Waals surface area (Å²) in [5, 5.41) is 65.3. The lowest BCUT2D eigenvalue weighted by molar-refractivity contribution is -0.143. The van der Waals surface area contributed by atoms with Gasteiger partial charge in [0.15, 0.2) is 0 Å². The van der Waals surface area contributed by atoms with Gasteiger partial charge in [0.1, 0.15) is 90.6 Å². The molecule has 0 spiro atoms. The Morgan fingerprint density at radius 2 is 0.905 bits per heavy atom. The van der Waals surface area contributed by atoms with Crippen molar-refractivity contribution in [3.63, 3.8) is 0 Å². The molecule has 116 heavy (non-hydrogen) atoms. The van der Waals surface area contributed by atoms with Crippen LogP contribution in [0.25, 0.3) is 0 Å². The Morgan fingerprint density at radius 1 is 0.491 bits per heavy atom. The summed E-state index contributed by atoms with van der Waals surface area (Å²) in [5.74, 6) is -25.6. The van der Waals surface area contributed by atoms with E-state index >= 15 is 4.79 Å². The van der Waals surface area contributed by atoms with Crippen LogP contribution in [-0.4, -0.2) is 292 Å². The summed E-state index contributed by atoms with van der Waals surface area (Å²) in [6, 6.07) is -26.2. The number of amides is 18. The molecule has 0 aromatic carbocycles. The summed E-state index contributed by atoms with van der Waals surface area (Å²) < 4.78 is 0. The molecule has 18 amide bonds. The zero-order valence-electron chi connectivity index (χ0n) is 64.3. The highest BCUT2D eigenvalue weighted by Gasteiger charge is 2.43. The molecular formula is C67H103N23O22S4. The Balaban J connectivity index is 1.72. The Labute approximate surface area is 680 Å². The molecule has 3 aliphatic heterocycles. The zero-order valence-corrected chi connectivity index (χ0v) is 67.6. The number of aliphatic hydroxyl groups is 2. The fourth-order valence-electron chi connectivity index (χ4n) is 11.8. The second-order valence-corrected chi connectivity index (χ2v) is 33.6. The predicted molar refractivity (Wildman–Crippen MR) is 417 cm³/mol. The van der Waals surface area contributed by atoms with Gasteiger partial charge in [-0.3, -0.25) is 91.1 Å². The van der Waals surface area contributed by atoms with Crippen LogP contribution in [0, 0.1) is 17.8 Å². The number of aromatic nitrogens is 4. The van der Waals surface area contributed by atoms with E-state index in [2.05, 4.69) is 94.4 Å². The van der Waals surface area contributed by atoms with E-state index in [0.717, 1.165) is 48.1 Å². The van der Waals surface area contributed by atoms with E-state index in [4.69, 9.17) is 22.9 Å². The summed E-state index contributed by atoms with van der Waals surface area (Å²) in [5.41, 5.74) is 23.0. The number of nitrogens with zero attached hydrogens (tertiary/aromatic N) is 3. The van der Waals surface area contributed by atoms with Crippen molar-refractivity contribution in [3.8, 4) is 0 Å². The molecule has 5 heterocycles. The molecule has 5 rings (SSSR count). The number of nitrogens with one attached hydrogen (secondary N) is 16. The third-order valence-corrected chi connectivity index (χ3v) is 22.7. The number of aliphatic carboxylic acids is 1. The SMILES string of the molecule is CC(C)C[C@@H]1NC(=O)[C@H](CC(N)=O)NC(=O)[C@H](CO)NC(=O)[C@H](Cc2cnc[nH]2)NC(=O)[C@H](CCC(=O)O)NC(=O)[C@H](CC(C)C)NC(=O)[C@H](Cc2cnc[nH]2)NC(=O)[C@@H]2CSSC[C@H](NC(=O)CN)C(=O)N[C@@H](CSSCC(C(N)=O)NC1=O)C(=O)N[C@@H](CO)C(=O)N[C@@H](CC(N)=O)C(=O)N1CCC[C@H]1C(=O)N[C@@H](C(C)C)C(=O)N2. The number of primary amides is 3. The van der Waals surface area contributed by atoms with Crippen molar-refractivity contribution in [3.05, 3.63) is 36.4 Å². The number of carboxylic acids is 1. The van der Waals surface area contributed by atoms with Crippen LogP contribution in [0.1, 0.15) is 104 Å². The van der Waals surface area contributed by atoms with Gasteiger partial charge in [0.25, 0.3) is 0 Å². The maximum atomic E-state index is 15.2. The number of H-pyrrole nitrogens is 2. The van der Waals surface area contributed by atoms with Crippen LogP contribution in [0.5, 0.6) is 0 Å². The molecule has 0 saturated carbocycles. The van der Waals surface area contributed by atoms with Crippen molar-refractivity contribution in [2.75, 3.05) is 49.3 Å². The Hall–Kier alpha value is -10.4. The van der Waals surface area contributed by atoms with Gasteiger partial charge in [0, 0.05) is 72.6 Å². The lowest BCUT2D eigenvalue weighted by Gasteiger charge is -2.31. The van der Waals surface area contributed by atoms with Crippen molar-refractivity contribution >= 4 is 155 Å². The monoisotopic (exact) mass is 1710 g/mol. The average molecular weight is 1710 g/mol. The van der Waals surface area contributed by atoms with Crippen LogP contribution in [0.15, 0.2) is 25.0 Å². The highest BCUT2D eigenvalue weighted by atomic mass is 33.1. The minimum atomic E-state index is -2.03. The second kappa shape index (κ2) is 47.6. The topological polar surface area (TPSA) is 718 Å². The number of rotatable bonds is 21. The Morgan fingerprint density at radius 3 is 1.38 bits per heavy atom. The third kappa shape index (κ3) is 31.3. The van der Waals surface area contributed by atoms with Gasteiger partial charge in [-0.15, -0.1) is 0 Å². The van der Waals surface area contributed by atoms with Crippen LogP contribution < -0.4 is 97.4 Å². The number of fused-ring (bicyclic) bond motifs is 9. The smallest absolute Gasteiger partial charge is 0.303 e. The van der Waals surface area contributed by atoms with Crippen molar-refractivity contribution in [2.24, 2.45) is 40.7 Å². The highest BCUT2D eigenvalue weighted by Crippen LogP contribution is 2.27. The van der Waals surface area contributed by atoms with Crippen molar-refractivity contribution < 1.29 is 106 Å². The second-order valence-electron chi connectivity index (χ2n) is 28.5. The van der Waals surface area contributed by atoms with E-state index in [1.165, 1.54) is 38.9 Å². The van der Waals surface area contributed by atoms with Gasteiger partial charge >= 0.3 is 5.97 Å². The van der Waals surface area contributed by atoms with Gasteiger partial charge in [-0.25, -0.2) is 9.97 Å². The van der Waals surface area contributed by atoms with Gasteiger partial charge in [-0.1, -0.05) is 84.7 Å². The van der Waals surface area contributed by atoms with Gasteiger partial charge in [0.05, 0.1) is 45.3 Å². The Kier molecular flexibility index (Phi) is 39.5. The van der Waals surface area contributed by atoms with Crippen LogP contribution in [0.3, 0.4) is 0 Å². The molecule has 45 nitrogen and oxygen atoms in total. The highest BCUT2D eigenvalue weighted by molar-refractivity contribution is 8.77. The summed E-state index contributed by atoms with van der Waals surface area (Å²) in [4.78, 5) is 282. The lowest BCUT2D eigenvalue weighted by atomic mass is 10.0. The number of imidazole rings is 2. The number of aliphatic hydroxyl groups excluding tert-OH is 2. The molecule has 0 radical (unpaired) electrons. The number of carbonyl (C=O) groups is 19. The minimum absolute atomic E-state index is 0.0348. The van der Waals surface area contributed by atoms with E-state index in [0.29, 0.717) is 0 Å². The molecule has 15 atom stereocenters. The summed E-state index contributed by atoms with van der Waals surface area (Å²) in [6.45, 7) is 6.31. The number of nitrogens with two attached hydrogens (primary N) is 4. The van der Waals surface area contributed by atoms with E-state index < -0.39 is 302 Å². The number of hydrogen-bond acceptors (Lipinski definition) is 28. The molecule has 2 aromatic rings. The molecule has 2 aromatic heterocycles. The first-order valence-corrected chi connectivity index (χ1v) is 41.8.